The molecule has 1 rings (SSSR count). The third kappa shape index (κ3) is 3.47. The lowest BCUT2D eigenvalue weighted by Crippen LogP contribution is -2.26. The first-order chi connectivity index (χ1) is 6.72. The van der Waals surface area contributed by atoms with E-state index in [4.69, 9.17) is 4.74 Å². The molecule has 1 N–H and O–H groups in total. The average molecular weight is 197 g/mol. The molecule has 0 aliphatic carbocycles. The van der Waals surface area contributed by atoms with Crippen LogP contribution in [0.5, 0.6) is 0 Å². The summed E-state index contributed by atoms with van der Waals surface area (Å²) in [6.45, 7) is 2.73. The number of rotatable bonds is 4. The van der Waals surface area contributed by atoms with Crippen LogP contribution in [0.1, 0.15) is 12.6 Å². The van der Waals surface area contributed by atoms with Gasteiger partial charge < -0.3 is 10.1 Å². The van der Waals surface area contributed by atoms with Crippen molar-refractivity contribution in [1.29, 1.82) is 0 Å². The Bertz CT molecular complexity index is 296. The Morgan fingerprint density at radius 2 is 2.50 bits per heavy atom. The predicted molar refractivity (Wildman–Crippen MR) is 51.9 cm³/mol. The molecular formula is C9H15N3O2. The first kappa shape index (κ1) is 10.6. The minimum Gasteiger partial charge on any atom is -0.450 e. The number of amides is 1. The van der Waals surface area contributed by atoms with Gasteiger partial charge in [-0.25, -0.2) is 4.79 Å². The second kappa shape index (κ2) is 5.26. The minimum absolute atomic E-state index is 0.372. The summed E-state index contributed by atoms with van der Waals surface area (Å²) in [6, 6.07) is 1.92. The van der Waals surface area contributed by atoms with Crippen LogP contribution in [0, 0.1) is 0 Å². The van der Waals surface area contributed by atoms with Crippen LogP contribution < -0.4 is 5.32 Å². The first-order valence-electron chi connectivity index (χ1n) is 4.61. The highest BCUT2D eigenvalue weighted by molar-refractivity contribution is 5.66. The number of nitrogens with one attached hydrogen (secondary N) is 1. The Labute approximate surface area is 83.1 Å². The molecule has 0 aliphatic rings. The summed E-state index contributed by atoms with van der Waals surface area (Å²) in [6.07, 6.45) is 2.22. The monoisotopic (exact) mass is 197 g/mol. The van der Waals surface area contributed by atoms with Crippen molar-refractivity contribution in [2.24, 2.45) is 7.05 Å². The zero-order valence-corrected chi connectivity index (χ0v) is 8.49. The molecule has 0 bridgehead atoms. The lowest BCUT2D eigenvalue weighted by atomic mass is 10.3. The molecule has 0 spiro atoms. The maximum atomic E-state index is 10.9. The number of aromatic nitrogens is 2. The normalized spacial score (nSPS) is 9.86. The molecule has 0 radical (unpaired) electrons. The molecular weight excluding hydrogens is 182 g/mol. The summed E-state index contributed by atoms with van der Waals surface area (Å²) in [5.74, 6) is 0. The van der Waals surface area contributed by atoms with Gasteiger partial charge >= 0.3 is 6.09 Å². The predicted octanol–water partition coefficient (Wildman–Crippen LogP) is 0.709. The van der Waals surface area contributed by atoms with Gasteiger partial charge in [0.1, 0.15) is 0 Å². The molecule has 1 amide bonds. The summed E-state index contributed by atoms with van der Waals surface area (Å²) >= 11 is 0. The van der Waals surface area contributed by atoms with Gasteiger partial charge in [-0.3, -0.25) is 4.68 Å². The van der Waals surface area contributed by atoms with Crippen LogP contribution in [0.4, 0.5) is 4.79 Å². The molecule has 0 aliphatic heterocycles. The largest absolute Gasteiger partial charge is 0.450 e. The van der Waals surface area contributed by atoms with E-state index in [0.717, 1.165) is 12.1 Å². The average Bonchev–Trinajstić information content (AvgIpc) is 2.52. The first-order valence-corrected chi connectivity index (χ1v) is 4.61. The Hall–Kier alpha value is -1.52. The molecule has 14 heavy (non-hydrogen) atoms. The fourth-order valence-electron chi connectivity index (χ4n) is 1.07. The number of hydrogen-bond acceptors (Lipinski definition) is 3. The maximum Gasteiger partial charge on any atom is 0.407 e. The highest BCUT2D eigenvalue weighted by Gasteiger charge is 2.00. The molecule has 5 heteroatoms. The van der Waals surface area contributed by atoms with Gasteiger partial charge in [0, 0.05) is 26.2 Å². The molecule has 0 saturated heterocycles. The molecule has 1 aromatic heterocycles. The molecule has 1 heterocycles. The molecule has 0 fully saturated rings. The van der Waals surface area contributed by atoms with Gasteiger partial charge in [-0.1, -0.05) is 0 Å². The minimum atomic E-state index is -0.372. The Morgan fingerprint density at radius 3 is 3.07 bits per heavy atom. The molecule has 1 aromatic rings. The van der Waals surface area contributed by atoms with Crippen LogP contribution in [0.3, 0.4) is 0 Å². The van der Waals surface area contributed by atoms with Gasteiger partial charge in [0.05, 0.1) is 12.3 Å². The van der Waals surface area contributed by atoms with E-state index in [0.29, 0.717) is 13.2 Å². The number of carbonyl (C=O) groups is 1. The highest BCUT2D eigenvalue weighted by Crippen LogP contribution is 1.93. The summed E-state index contributed by atoms with van der Waals surface area (Å²) in [5, 5.41) is 6.81. The van der Waals surface area contributed by atoms with Gasteiger partial charge in [-0.05, 0) is 13.0 Å². The van der Waals surface area contributed by atoms with E-state index >= 15 is 0 Å². The van der Waals surface area contributed by atoms with Gasteiger partial charge in [0.25, 0.3) is 0 Å². The molecule has 78 valence electrons. The second-order valence-electron chi connectivity index (χ2n) is 2.88. The number of ether oxygens (including phenoxy) is 1. The number of alkyl carbamates (subject to hydrolysis) is 1. The van der Waals surface area contributed by atoms with Crippen molar-refractivity contribution in [2.45, 2.75) is 13.3 Å². The van der Waals surface area contributed by atoms with E-state index in [1.165, 1.54) is 0 Å². The van der Waals surface area contributed by atoms with Crippen LogP contribution in [0.2, 0.25) is 0 Å². The van der Waals surface area contributed by atoms with Gasteiger partial charge in [0.2, 0.25) is 0 Å². The van der Waals surface area contributed by atoms with Crippen molar-refractivity contribution < 1.29 is 9.53 Å². The lowest BCUT2D eigenvalue weighted by Gasteiger charge is -2.02. The number of nitrogens with zero attached hydrogens (tertiary/aromatic N) is 2. The zero-order valence-electron chi connectivity index (χ0n) is 8.49. The van der Waals surface area contributed by atoms with Crippen molar-refractivity contribution in [3.05, 3.63) is 18.0 Å². The molecule has 0 unspecified atom stereocenters. The van der Waals surface area contributed by atoms with E-state index < -0.39 is 0 Å². The SMILES string of the molecule is CCOC(=O)NCCc1ccn(C)n1. The van der Waals surface area contributed by atoms with Crippen molar-refractivity contribution in [3.8, 4) is 0 Å². The molecule has 0 atom stereocenters. The summed E-state index contributed by atoms with van der Waals surface area (Å²) in [5.41, 5.74) is 0.962. The van der Waals surface area contributed by atoms with E-state index in [2.05, 4.69) is 10.4 Å². The number of hydrogen-bond donors (Lipinski definition) is 1. The quantitative estimate of drug-likeness (QED) is 0.773. The van der Waals surface area contributed by atoms with Crippen molar-refractivity contribution in [2.75, 3.05) is 13.2 Å². The van der Waals surface area contributed by atoms with E-state index in [-0.39, 0.29) is 6.09 Å². The topological polar surface area (TPSA) is 56.1 Å². The van der Waals surface area contributed by atoms with Crippen LogP contribution in [0.25, 0.3) is 0 Å². The second-order valence-corrected chi connectivity index (χ2v) is 2.88. The smallest absolute Gasteiger partial charge is 0.407 e. The van der Waals surface area contributed by atoms with Crippen molar-refractivity contribution in [1.82, 2.24) is 15.1 Å². The number of carbonyl (C=O) groups excluding carboxylic acids is 1. The third-order valence-electron chi connectivity index (χ3n) is 1.69. The van der Waals surface area contributed by atoms with Crippen molar-refractivity contribution in [3.63, 3.8) is 0 Å². The van der Waals surface area contributed by atoms with Crippen LogP contribution in [-0.4, -0.2) is 29.0 Å². The lowest BCUT2D eigenvalue weighted by molar-refractivity contribution is 0.152. The fourth-order valence-corrected chi connectivity index (χ4v) is 1.07. The Balaban J connectivity index is 2.18. The van der Waals surface area contributed by atoms with Gasteiger partial charge in [-0.15, -0.1) is 0 Å². The van der Waals surface area contributed by atoms with Crippen molar-refractivity contribution >= 4 is 6.09 Å². The van der Waals surface area contributed by atoms with Gasteiger partial charge in [0.15, 0.2) is 0 Å². The Kier molecular flexibility index (Phi) is 3.97. The molecule has 0 aromatic carbocycles. The van der Waals surface area contributed by atoms with Crippen LogP contribution in [-0.2, 0) is 18.2 Å². The third-order valence-corrected chi connectivity index (χ3v) is 1.69. The molecule has 5 nitrogen and oxygen atoms in total. The van der Waals surface area contributed by atoms with Crippen LogP contribution in [0.15, 0.2) is 12.3 Å². The van der Waals surface area contributed by atoms with E-state index in [1.807, 2.05) is 19.3 Å². The summed E-state index contributed by atoms with van der Waals surface area (Å²) in [7, 11) is 1.86. The van der Waals surface area contributed by atoms with Crippen LogP contribution >= 0.6 is 0 Å². The maximum absolute atomic E-state index is 10.9. The summed E-state index contributed by atoms with van der Waals surface area (Å²) in [4.78, 5) is 10.9. The standard InChI is InChI=1S/C9H15N3O2/c1-3-14-9(13)10-6-4-8-5-7-12(2)11-8/h5,7H,3-4,6H2,1-2H3,(H,10,13). The Morgan fingerprint density at radius 1 is 1.71 bits per heavy atom. The van der Waals surface area contributed by atoms with Gasteiger partial charge in [-0.2, -0.15) is 5.10 Å². The van der Waals surface area contributed by atoms with E-state index in [1.54, 1.807) is 11.6 Å². The summed E-state index contributed by atoms with van der Waals surface area (Å²) < 4.78 is 6.45. The number of aryl methyl sites for hydroxylation is 1. The fraction of sp³-hybridized carbons (Fsp3) is 0.556. The molecule has 0 saturated carbocycles. The zero-order chi connectivity index (χ0) is 10.4. The highest BCUT2D eigenvalue weighted by atomic mass is 16.5. The van der Waals surface area contributed by atoms with E-state index in [9.17, 15) is 4.79 Å².